The maximum atomic E-state index is 13.3. The van der Waals surface area contributed by atoms with Gasteiger partial charge in [-0.2, -0.15) is 0 Å². The van der Waals surface area contributed by atoms with Gasteiger partial charge in [-0.15, -0.1) is 0 Å². The minimum Gasteiger partial charge on any atom is -0.497 e. The molecule has 0 spiro atoms. The largest absolute Gasteiger partial charge is 0.497 e. The van der Waals surface area contributed by atoms with E-state index in [4.69, 9.17) is 14.2 Å². The van der Waals surface area contributed by atoms with Gasteiger partial charge in [-0.3, -0.25) is 9.69 Å². The van der Waals surface area contributed by atoms with E-state index in [0.717, 1.165) is 5.56 Å². The molecule has 0 aromatic heterocycles. The summed E-state index contributed by atoms with van der Waals surface area (Å²) in [6, 6.07) is 11.7. The number of hydrogen-bond acceptors (Lipinski definition) is 5. The second kappa shape index (κ2) is 6.84. The number of carbonyl (C=O) groups is 2. The van der Waals surface area contributed by atoms with Gasteiger partial charge in [0.05, 0.1) is 26.9 Å². The van der Waals surface area contributed by atoms with Crippen molar-refractivity contribution in [2.75, 3.05) is 26.2 Å². The fraction of sp³-hybridized carbons (Fsp3) is 0.263. The van der Waals surface area contributed by atoms with Gasteiger partial charge in [-0.25, -0.2) is 4.79 Å². The van der Waals surface area contributed by atoms with Gasteiger partial charge in [-0.05, 0) is 29.8 Å². The molecule has 0 saturated carbocycles. The number of nitrogens with zero attached hydrogens (tertiary/aromatic N) is 1. The Morgan fingerprint density at radius 1 is 1.04 bits per heavy atom. The van der Waals surface area contributed by atoms with Gasteiger partial charge >= 0.3 is 5.97 Å². The summed E-state index contributed by atoms with van der Waals surface area (Å²) in [6.45, 7) is 0. The predicted octanol–water partition coefficient (Wildman–Crippen LogP) is 2.45. The van der Waals surface area contributed by atoms with Crippen LogP contribution in [0.2, 0.25) is 0 Å². The smallest absolute Gasteiger partial charge is 0.329 e. The second-order valence-electron chi connectivity index (χ2n) is 5.61. The molecular weight excluding hydrogens is 322 g/mol. The standard InChI is InChI=1S/C19H19NO5/c1-23-13-8-9-17(24-2)14(11-13)18(21)20-15-7-5-4-6-12(15)10-16(20)19(22)25-3/h4-9,11,16H,10H2,1-3H3/t16-/m0/s1. The molecule has 0 N–H and O–H groups in total. The lowest BCUT2D eigenvalue weighted by atomic mass is 10.1. The lowest BCUT2D eigenvalue weighted by molar-refractivity contribution is -0.141. The molecular formula is C19H19NO5. The van der Waals surface area contributed by atoms with Crippen LogP contribution in [-0.4, -0.2) is 39.2 Å². The Morgan fingerprint density at radius 3 is 2.48 bits per heavy atom. The zero-order chi connectivity index (χ0) is 18.0. The van der Waals surface area contributed by atoms with Crippen LogP contribution in [0.15, 0.2) is 42.5 Å². The number of amides is 1. The monoisotopic (exact) mass is 341 g/mol. The van der Waals surface area contributed by atoms with E-state index in [1.807, 2.05) is 24.3 Å². The summed E-state index contributed by atoms with van der Waals surface area (Å²) in [7, 11) is 4.34. The quantitative estimate of drug-likeness (QED) is 0.799. The minimum absolute atomic E-state index is 0.326. The Bertz CT molecular complexity index is 817. The summed E-state index contributed by atoms with van der Waals surface area (Å²) >= 11 is 0. The highest BCUT2D eigenvalue weighted by molar-refractivity contribution is 6.12. The molecule has 1 amide bonds. The highest BCUT2D eigenvalue weighted by Gasteiger charge is 2.40. The molecule has 0 radical (unpaired) electrons. The Balaban J connectivity index is 2.09. The van der Waals surface area contributed by atoms with Gasteiger partial charge in [0.25, 0.3) is 5.91 Å². The van der Waals surface area contributed by atoms with E-state index in [2.05, 4.69) is 0 Å². The van der Waals surface area contributed by atoms with Gasteiger partial charge in [0.15, 0.2) is 0 Å². The number of anilines is 1. The van der Waals surface area contributed by atoms with Crippen molar-refractivity contribution in [2.45, 2.75) is 12.5 Å². The number of carbonyl (C=O) groups excluding carboxylic acids is 2. The van der Waals surface area contributed by atoms with E-state index in [9.17, 15) is 9.59 Å². The van der Waals surface area contributed by atoms with Crippen LogP contribution in [0.3, 0.4) is 0 Å². The predicted molar refractivity (Wildman–Crippen MR) is 92.3 cm³/mol. The maximum Gasteiger partial charge on any atom is 0.329 e. The van der Waals surface area contributed by atoms with E-state index >= 15 is 0 Å². The molecule has 6 heteroatoms. The van der Waals surface area contributed by atoms with E-state index in [-0.39, 0.29) is 5.91 Å². The van der Waals surface area contributed by atoms with Crippen molar-refractivity contribution in [2.24, 2.45) is 0 Å². The van der Waals surface area contributed by atoms with Gasteiger partial charge in [0, 0.05) is 12.1 Å². The number of esters is 1. The van der Waals surface area contributed by atoms with Gasteiger partial charge in [-0.1, -0.05) is 18.2 Å². The fourth-order valence-electron chi connectivity index (χ4n) is 3.07. The molecule has 1 aliphatic rings. The molecule has 0 saturated heterocycles. The first-order valence-electron chi connectivity index (χ1n) is 7.82. The highest BCUT2D eigenvalue weighted by Crippen LogP contribution is 2.36. The molecule has 25 heavy (non-hydrogen) atoms. The van der Waals surface area contributed by atoms with Crippen LogP contribution in [0.4, 0.5) is 5.69 Å². The van der Waals surface area contributed by atoms with E-state index in [1.165, 1.54) is 26.2 Å². The van der Waals surface area contributed by atoms with E-state index in [1.54, 1.807) is 18.2 Å². The number of benzene rings is 2. The van der Waals surface area contributed by atoms with Gasteiger partial charge in [0.1, 0.15) is 17.5 Å². The molecule has 1 heterocycles. The third-order valence-electron chi connectivity index (χ3n) is 4.31. The van der Waals surface area contributed by atoms with E-state index < -0.39 is 12.0 Å². The highest BCUT2D eigenvalue weighted by atomic mass is 16.5. The molecule has 2 aromatic carbocycles. The summed E-state index contributed by atoms with van der Waals surface area (Å²) in [5.74, 6) is 0.160. The summed E-state index contributed by atoms with van der Waals surface area (Å²) in [5.41, 5.74) is 1.95. The zero-order valence-corrected chi connectivity index (χ0v) is 14.3. The lowest BCUT2D eigenvalue weighted by Crippen LogP contribution is -2.43. The topological polar surface area (TPSA) is 65.1 Å². The number of hydrogen-bond donors (Lipinski definition) is 0. The van der Waals surface area contributed by atoms with Crippen LogP contribution in [0.1, 0.15) is 15.9 Å². The van der Waals surface area contributed by atoms with Crippen LogP contribution < -0.4 is 14.4 Å². The Labute approximate surface area is 145 Å². The number of ether oxygens (including phenoxy) is 3. The van der Waals surface area contributed by atoms with Crippen LogP contribution in [0.25, 0.3) is 0 Å². The molecule has 1 atom stereocenters. The molecule has 3 rings (SSSR count). The maximum absolute atomic E-state index is 13.3. The van der Waals surface area contributed by atoms with Crippen molar-refractivity contribution in [3.63, 3.8) is 0 Å². The normalized spacial score (nSPS) is 15.5. The number of rotatable bonds is 4. The second-order valence-corrected chi connectivity index (χ2v) is 5.61. The number of fused-ring (bicyclic) bond motifs is 1. The van der Waals surface area contributed by atoms with E-state index in [0.29, 0.717) is 29.2 Å². The fourth-order valence-corrected chi connectivity index (χ4v) is 3.07. The van der Waals surface area contributed by atoms with Gasteiger partial charge < -0.3 is 14.2 Å². The molecule has 6 nitrogen and oxygen atoms in total. The Morgan fingerprint density at radius 2 is 1.80 bits per heavy atom. The van der Waals surface area contributed by atoms with Crippen molar-refractivity contribution < 1.29 is 23.8 Å². The van der Waals surface area contributed by atoms with Crippen molar-refractivity contribution in [1.82, 2.24) is 0 Å². The van der Waals surface area contributed by atoms with Crippen LogP contribution >= 0.6 is 0 Å². The molecule has 130 valence electrons. The SMILES string of the molecule is COC(=O)[C@@H]1Cc2ccccc2N1C(=O)c1cc(OC)ccc1OC. The van der Waals surface area contributed by atoms with Crippen LogP contribution in [0.5, 0.6) is 11.5 Å². The molecule has 2 aromatic rings. The first kappa shape index (κ1) is 16.8. The van der Waals surface area contributed by atoms with Gasteiger partial charge in [0.2, 0.25) is 0 Å². The lowest BCUT2D eigenvalue weighted by Gasteiger charge is -2.24. The number of para-hydroxylation sites is 1. The van der Waals surface area contributed by atoms with Crippen LogP contribution in [0, 0.1) is 0 Å². The van der Waals surface area contributed by atoms with Crippen molar-refractivity contribution >= 4 is 17.6 Å². The zero-order valence-electron chi connectivity index (χ0n) is 14.3. The molecule has 0 unspecified atom stereocenters. The third kappa shape index (κ3) is 2.91. The van der Waals surface area contributed by atoms with Crippen LogP contribution in [-0.2, 0) is 16.0 Å². The summed E-state index contributed by atoms with van der Waals surface area (Å²) in [5, 5.41) is 0. The molecule has 0 aliphatic carbocycles. The van der Waals surface area contributed by atoms with Crippen molar-refractivity contribution in [3.8, 4) is 11.5 Å². The van der Waals surface area contributed by atoms with Crippen molar-refractivity contribution in [3.05, 3.63) is 53.6 Å². The van der Waals surface area contributed by atoms with Crippen molar-refractivity contribution in [1.29, 1.82) is 0 Å². The average molecular weight is 341 g/mol. The third-order valence-corrected chi connectivity index (χ3v) is 4.31. The molecule has 0 fully saturated rings. The summed E-state index contributed by atoms with van der Waals surface area (Å²) in [4.78, 5) is 27.0. The molecule has 1 aliphatic heterocycles. The molecule has 0 bridgehead atoms. The average Bonchev–Trinajstić information content (AvgIpc) is 3.05. The first-order valence-corrected chi connectivity index (χ1v) is 7.82. The summed E-state index contributed by atoms with van der Waals surface area (Å²) in [6.07, 6.45) is 0.418. The number of methoxy groups -OCH3 is 3. The minimum atomic E-state index is -0.703. The first-order chi connectivity index (χ1) is 12.1. The summed E-state index contributed by atoms with van der Waals surface area (Å²) < 4.78 is 15.4. The Hall–Kier alpha value is -3.02. The Kier molecular flexibility index (Phi) is 4.61.